The zero-order valence-electron chi connectivity index (χ0n) is 21.9. The van der Waals surface area contributed by atoms with Gasteiger partial charge in [-0.05, 0) is 119 Å². The number of aromatic nitrogens is 2. The van der Waals surface area contributed by atoms with Gasteiger partial charge in [0, 0.05) is 12.7 Å². The second kappa shape index (κ2) is 11.2. The van der Waals surface area contributed by atoms with Gasteiger partial charge in [-0.3, -0.25) is 9.48 Å². The molecule has 2 saturated carbocycles. The van der Waals surface area contributed by atoms with Gasteiger partial charge in [-0.2, -0.15) is 18.3 Å². The minimum absolute atomic E-state index is 0. The van der Waals surface area contributed by atoms with Gasteiger partial charge in [-0.1, -0.05) is 11.6 Å². The number of anilines is 1. The Kier molecular flexibility index (Phi) is 8.26. The molecule has 2 aliphatic carbocycles. The topological polar surface area (TPSA) is 62.2 Å². The van der Waals surface area contributed by atoms with Gasteiger partial charge >= 0.3 is 6.18 Å². The molecule has 214 valence electrons. The highest BCUT2D eigenvalue weighted by atomic mass is 35.5. The van der Waals surface area contributed by atoms with Crippen molar-refractivity contribution in [2.75, 3.05) is 38.0 Å². The van der Waals surface area contributed by atoms with Crippen molar-refractivity contribution in [3.63, 3.8) is 0 Å². The van der Waals surface area contributed by atoms with Gasteiger partial charge in [0.05, 0.1) is 22.5 Å². The van der Waals surface area contributed by atoms with Gasteiger partial charge in [-0.15, -0.1) is 12.4 Å². The van der Waals surface area contributed by atoms with E-state index in [1.807, 2.05) is 12.4 Å². The maximum atomic E-state index is 13.4. The van der Waals surface area contributed by atoms with Crippen LogP contribution in [-0.4, -0.2) is 53.3 Å². The van der Waals surface area contributed by atoms with Crippen LogP contribution in [0.3, 0.4) is 0 Å². The number of amides is 1. The van der Waals surface area contributed by atoms with E-state index in [9.17, 15) is 18.0 Å². The highest BCUT2D eigenvalue weighted by Gasteiger charge is 2.47. The van der Waals surface area contributed by atoms with E-state index in [1.54, 1.807) is 4.68 Å². The quantitative estimate of drug-likeness (QED) is 0.442. The summed E-state index contributed by atoms with van der Waals surface area (Å²) in [5.74, 6) is 2.74. The molecule has 2 aromatic rings. The van der Waals surface area contributed by atoms with Crippen molar-refractivity contribution in [3.8, 4) is 0 Å². The molecular weight excluding hydrogens is 550 g/mol. The van der Waals surface area contributed by atoms with Crippen LogP contribution in [0.4, 0.5) is 18.9 Å². The van der Waals surface area contributed by atoms with Crippen LogP contribution in [0.25, 0.3) is 0 Å². The third-order valence-electron chi connectivity index (χ3n) is 9.52. The molecule has 39 heavy (non-hydrogen) atoms. The molecule has 2 saturated heterocycles. The molecule has 6 rings (SSSR count). The normalized spacial score (nSPS) is 27.0. The number of carbonyl (C=O) groups excluding carboxylic acids is 1. The number of piperidine rings is 1. The Labute approximate surface area is 238 Å². The van der Waals surface area contributed by atoms with Gasteiger partial charge in [0.25, 0.3) is 5.91 Å². The summed E-state index contributed by atoms with van der Waals surface area (Å²) in [4.78, 5) is 16.0. The van der Waals surface area contributed by atoms with Gasteiger partial charge in [0.2, 0.25) is 0 Å². The van der Waals surface area contributed by atoms with Crippen molar-refractivity contribution in [2.45, 2.75) is 62.6 Å². The molecule has 2 N–H and O–H groups in total. The number of benzene rings is 1. The van der Waals surface area contributed by atoms with Gasteiger partial charge in [0.1, 0.15) is 5.54 Å². The fourth-order valence-electron chi connectivity index (χ4n) is 7.14. The first kappa shape index (κ1) is 28.7. The van der Waals surface area contributed by atoms with Crippen molar-refractivity contribution in [1.82, 2.24) is 20.0 Å². The van der Waals surface area contributed by atoms with E-state index in [0.29, 0.717) is 18.8 Å². The van der Waals surface area contributed by atoms with Crippen LogP contribution in [0.2, 0.25) is 5.02 Å². The molecule has 0 bridgehead atoms. The lowest BCUT2D eigenvalue weighted by atomic mass is 9.76. The van der Waals surface area contributed by atoms with Gasteiger partial charge in [0.15, 0.2) is 0 Å². The predicted molar refractivity (Wildman–Crippen MR) is 147 cm³/mol. The summed E-state index contributed by atoms with van der Waals surface area (Å²) in [6, 6.07) is 2.99. The summed E-state index contributed by atoms with van der Waals surface area (Å²) in [6.45, 7) is 5.80. The third-order valence-corrected chi connectivity index (χ3v) is 9.83. The summed E-state index contributed by atoms with van der Waals surface area (Å²) in [6.07, 6.45) is 6.49. The summed E-state index contributed by atoms with van der Waals surface area (Å²) >= 11 is 6.09. The van der Waals surface area contributed by atoms with E-state index >= 15 is 0 Å². The molecule has 2 unspecified atom stereocenters. The largest absolute Gasteiger partial charge is 0.416 e. The highest BCUT2D eigenvalue weighted by Crippen LogP contribution is 2.43. The lowest BCUT2D eigenvalue weighted by Gasteiger charge is -2.40. The number of fused-ring (bicyclic) bond motifs is 1. The predicted octanol–water partition coefficient (Wildman–Crippen LogP) is 5.92. The van der Waals surface area contributed by atoms with Crippen molar-refractivity contribution in [1.29, 1.82) is 0 Å². The molecule has 1 aromatic carbocycles. The Morgan fingerprint density at radius 3 is 2.44 bits per heavy atom. The van der Waals surface area contributed by atoms with E-state index in [4.69, 9.17) is 11.6 Å². The first-order valence-corrected chi connectivity index (χ1v) is 14.3. The molecule has 1 aromatic heterocycles. The SMILES string of the molecule is Cl.O=C(Nc1ccc(C(F)(F)F)cc1Cl)C1(n2cc(C3CCN(CC4CC5CNCC5C4)CC3)cn2)CCC1. The molecule has 4 fully saturated rings. The third kappa shape index (κ3) is 5.69. The summed E-state index contributed by atoms with van der Waals surface area (Å²) in [7, 11) is 0. The smallest absolute Gasteiger partial charge is 0.323 e. The summed E-state index contributed by atoms with van der Waals surface area (Å²) in [5.41, 5.74) is -0.333. The van der Waals surface area contributed by atoms with Crippen LogP contribution < -0.4 is 10.6 Å². The van der Waals surface area contributed by atoms with Crippen LogP contribution in [0.1, 0.15) is 62.0 Å². The minimum Gasteiger partial charge on any atom is -0.323 e. The van der Waals surface area contributed by atoms with Crippen LogP contribution in [0, 0.1) is 17.8 Å². The minimum atomic E-state index is -4.49. The van der Waals surface area contributed by atoms with Crippen LogP contribution in [-0.2, 0) is 16.5 Å². The number of nitrogens with one attached hydrogen (secondary N) is 2. The first-order valence-electron chi connectivity index (χ1n) is 13.9. The van der Waals surface area contributed by atoms with Crippen molar-refractivity contribution < 1.29 is 18.0 Å². The fourth-order valence-corrected chi connectivity index (χ4v) is 7.37. The molecule has 2 atom stereocenters. The number of carbonyl (C=O) groups is 1. The Hall–Kier alpha value is -1.81. The van der Waals surface area contributed by atoms with Gasteiger partial charge in [-0.25, -0.2) is 0 Å². The van der Waals surface area contributed by atoms with E-state index in [2.05, 4.69) is 20.6 Å². The maximum Gasteiger partial charge on any atom is 0.416 e. The molecule has 2 aliphatic heterocycles. The molecule has 3 heterocycles. The molecule has 6 nitrogen and oxygen atoms in total. The lowest BCUT2D eigenvalue weighted by Crippen LogP contribution is -2.51. The Balaban J connectivity index is 0.00000308. The Bertz CT molecular complexity index is 1160. The number of hydrogen-bond acceptors (Lipinski definition) is 4. The maximum absolute atomic E-state index is 13.4. The fraction of sp³-hybridized carbons (Fsp3) is 0.643. The van der Waals surface area contributed by atoms with E-state index in [0.717, 1.165) is 67.8 Å². The number of alkyl halides is 3. The van der Waals surface area contributed by atoms with Crippen LogP contribution in [0.15, 0.2) is 30.6 Å². The first-order chi connectivity index (χ1) is 18.2. The number of likely N-dealkylation sites (tertiary alicyclic amines) is 1. The number of rotatable bonds is 6. The van der Waals surface area contributed by atoms with Crippen molar-refractivity contribution >= 4 is 35.6 Å². The van der Waals surface area contributed by atoms with Crippen LogP contribution >= 0.6 is 24.0 Å². The average Bonchev–Trinajstić information content (AvgIpc) is 3.57. The molecular formula is C28H36Cl2F3N5O. The lowest BCUT2D eigenvalue weighted by molar-refractivity contribution is -0.137. The standard InChI is InChI=1S/C28H35ClF3N5O.ClH/c29-24-12-23(28(30,31)32)2-3-25(24)35-26(38)27(6-1-7-27)37-17-22(15-34-37)19-4-8-36(9-5-19)16-18-10-20-13-33-14-21(20)11-18;/h2-3,12,15,17-21,33H,1,4-11,13-14,16H2,(H,35,38);1H. The Morgan fingerprint density at radius 1 is 1.15 bits per heavy atom. The molecule has 11 heteroatoms. The average molecular weight is 587 g/mol. The van der Waals surface area contributed by atoms with Gasteiger partial charge < -0.3 is 15.5 Å². The zero-order chi connectivity index (χ0) is 26.5. The monoisotopic (exact) mass is 585 g/mol. The van der Waals surface area contributed by atoms with Crippen molar-refractivity contribution in [3.05, 3.63) is 46.7 Å². The second-order valence-corrected chi connectivity index (χ2v) is 12.2. The highest BCUT2D eigenvalue weighted by molar-refractivity contribution is 6.33. The number of hydrogen-bond donors (Lipinski definition) is 2. The molecule has 4 aliphatic rings. The van der Waals surface area contributed by atoms with E-state index < -0.39 is 17.3 Å². The molecule has 0 radical (unpaired) electrons. The van der Waals surface area contributed by atoms with Crippen LogP contribution in [0.5, 0.6) is 0 Å². The number of halogens is 5. The molecule has 0 spiro atoms. The molecule has 1 amide bonds. The summed E-state index contributed by atoms with van der Waals surface area (Å²) in [5, 5.41) is 10.8. The summed E-state index contributed by atoms with van der Waals surface area (Å²) < 4.78 is 40.7. The number of nitrogens with zero attached hydrogens (tertiary/aromatic N) is 3. The second-order valence-electron chi connectivity index (χ2n) is 11.8. The van der Waals surface area contributed by atoms with E-state index in [-0.39, 0.29) is 29.0 Å². The Morgan fingerprint density at radius 2 is 1.85 bits per heavy atom. The zero-order valence-corrected chi connectivity index (χ0v) is 23.4. The van der Waals surface area contributed by atoms with Crippen molar-refractivity contribution in [2.24, 2.45) is 17.8 Å². The van der Waals surface area contributed by atoms with E-state index in [1.165, 1.54) is 38.5 Å².